The van der Waals surface area contributed by atoms with Gasteiger partial charge in [0.25, 0.3) is 0 Å². The molecule has 0 bridgehead atoms. The lowest BCUT2D eigenvalue weighted by molar-refractivity contribution is -0.159. The molecule has 0 saturated heterocycles. The normalized spacial score (nSPS) is 11.0. The summed E-state index contributed by atoms with van der Waals surface area (Å²) in [6.07, 6.45) is 0. The Morgan fingerprint density at radius 3 is 1.80 bits per heavy atom. The summed E-state index contributed by atoms with van der Waals surface area (Å²) >= 11 is 0. The average Bonchev–Trinajstić information content (AvgIpc) is 2.89. The van der Waals surface area contributed by atoms with E-state index in [9.17, 15) is 4.79 Å². The highest BCUT2D eigenvalue weighted by Crippen LogP contribution is 2.32. The van der Waals surface area contributed by atoms with Crippen LogP contribution in [0.25, 0.3) is 0 Å². The van der Waals surface area contributed by atoms with Gasteiger partial charge in [-0.05, 0) is 80.1 Å². The van der Waals surface area contributed by atoms with E-state index >= 15 is 0 Å². The van der Waals surface area contributed by atoms with Gasteiger partial charge >= 0.3 is 5.97 Å². The van der Waals surface area contributed by atoms with Crippen LogP contribution in [0.5, 0.6) is 5.75 Å². The molecule has 35 heavy (non-hydrogen) atoms. The van der Waals surface area contributed by atoms with E-state index in [2.05, 4.69) is 54.6 Å². The molecule has 0 aliphatic heterocycles. The lowest BCUT2D eigenvalue weighted by Gasteiger charge is -2.25. The Balaban J connectivity index is 1.42. The summed E-state index contributed by atoms with van der Waals surface area (Å²) in [5.74, 6) is 0.142. The zero-order chi connectivity index (χ0) is 24.7. The molecule has 0 spiro atoms. The number of carbonyl (C=O) groups is 1. The number of nitrogens with zero attached hydrogens (tertiary/aromatic N) is 1. The van der Waals surface area contributed by atoms with Gasteiger partial charge in [0.15, 0.2) is 21.3 Å². The fourth-order valence-corrected chi connectivity index (χ4v) is 5.74. The zero-order valence-electron chi connectivity index (χ0n) is 19.7. The Morgan fingerprint density at radius 2 is 1.29 bits per heavy atom. The standard InChI is InChI=1S/C30H26NO3S/c1-30(2,24-15-13-23(21-31)14-16-24)34-29(32)22-33-25-17-19-28(20-18-25)35(26-9-5-3-6-10-26)27-11-7-4-8-12-27/h3-20H,22H2,1-2H3/q+1. The van der Waals surface area contributed by atoms with Crippen LogP contribution in [-0.2, 0) is 26.0 Å². The second-order valence-corrected chi connectivity index (χ2v) is 10.4. The summed E-state index contributed by atoms with van der Waals surface area (Å²) in [6.45, 7) is 3.44. The number of hydrogen-bond donors (Lipinski definition) is 0. The first-order valence-electron chi connectivity index (χ1n) is 11.3. The minimum atomic E-state index is -0.835. The lowest BCUT2D eigenvalue weighted by Crippen LogP contribution is -2.28. The highest BCUT2D eigenvalue weighted by atomic mass is 32.2. The van der Waals surface area contributed by atoms with E-state index < -0.39 is 11.6 Å². The molecular formula is C30H26NO3S+. The third kappa shape index (κ3) is 6.11. The average molecular weight is 481 g/mol. The van der Waals surface area contributed by atoms with Gasteiger partial charge in [0.05, 0.1) is 22.5 Å². The quantitative estimate of drug-likeness (QED) is 0.213. The molecule has 0 atom stereocenters. The Labute approximate surface area is 209 Å². The summed E-state index contributed by atoms with van der Waals surface area (Å²) < 4.78 is 11.4. The van der Waals surface area contributed by atoms with Crippen LogP contribution in [0.1, 0.15) is 25.0 Å². The smallest absolute Gasteiger partial charge is 0.345 e. The molecule has 0 N–H and O–H groups in total. The molecule has 0 aliphatic rings. The van der Waals surface area contributed by atoms with E-state index in [1.54, 1.807) is 24.3 Å². The highest BCUT2D eigenvalue weighted by Gasteiger charge is 2.28. The van der Waals surface area contributed by atoms with Crippen LogP contribution >= 0.6 is 0 Å². The van der Waals surface area contributed by atoms with Crippen molar-refractivity contribution in [3.8, 4) is 11.8 Å². The van der Waals surface area contributed by atoms with Crippen LogP contribution in [-0.4, -0.2) is 12.6 Å². The third-order valence-corrected chi connectivity index (χ3v) is 7.68. The minimum Gasteiger partial charge on any atom is -0.482 e. The van der Waals surface area contributed by atoms with Gasteiger partial charge in [0.2, 0.25) is 0 Å². The first-order valence-corrected chi connectivity index (χ1v) is 12.5. The molecule has 0 amide bonds. The second kappa shape index (κ2) is 10.9. The summed E-state index contributed by atoms with van der Waals surface area (Å²) in [5, 5.41) is 8.97. The van der Waals surface area contributed by atoms with Crippen molar-refractivity contribution >= 4 is 16.9 Å². The maximum Gasteiger partial charge on any atom is 0.345 e. The second-order valence-electron chi connectivity index (χ2n) is 8.37. The van der Waals surface area contributed by atoms with Gasteiger partial charge in [0, 0.05) is 0 Å². The Morgan fingerprint density at radius 1 is 0.771 bits per heavy atom. The van der Waals surface area contributed by atoms with E-state index in [1.807, 2.05) is 50.2 Å². The summed E-state index contributed by atoms with van der Waals surface area (Å²) in [7, 11) is -0.240. The van der Waals surface area contributed by atoms with Crippen LogP contribution in [0.15, 0.2) is 124 Å². The predicted octanol–water partition coefficient (Wildman–Crippen LogP) is 6.51. The molecule has 0 saturated carbocycles. The fraction of sp³-hybridized carbons (Fsp3) is 0.133. The molecule has 0 heterocycles. The first kappa shape index (κ1) is 24.1. The van der Waals surface area contributed by atoms with E-state index in [4.69, 9.17) is 14.7 Å². The van der Waals surface area contributed by atoms with Crippen molar-refractivity contribution in [2.45, 2.75) is 34.1 Å². The number of ether oxygens (including phenoxy) is 2. The molecule has 0 aromatic heterocycles. The van der Waals surface area contributed by atoms with Crippen molar-refractivity contribution in [1.82, 2.24) is 0 Å². The number of esters is 1. The largest absolute Gasteiger partial charge is 0.482 e. The number of hydrogen-bond acceptors (Lipinski definition) is 4. The molecule has 0 unspecified atom stereocenters. The van der Waals surface area contributed by atoms with Crippen LogP contribution in [0.3, 0.4) is 0 Å². The molecule has 0 aliphatic carbocycles. The Bertz CT molecular complexity index is 1260. The maximum atomic E-state index is 12.5. The summed E-state index contributed by atoms with van der Waals surface area (Å²) in [5.41, 5.74) is 0.533. The topological polar surface area (TPSA) is 59.3 Å². The Kier molecular flexibility index (Phi) is 7.54. The van der Waals surface area contributed by atoms with Crippen molar-refractivity contribution in [2.24, 2.45) is 0 Å². The molecule has 4 aromatic carbocycles. The van der Waals surface area contributed by atoms with Gasteiger partial charge in [-0.25, -0.2) is 4.79 Å². The lowest BCUT2D eigenvalue weighted by atomic mass is 9.97. The first-order chi connectivity index (χ1) is 17.0. The molecule has 0 radical (unpaired) electrons. The molecule has 4 rings (SSSR count). The fourth-order valence-electron chi connectivity index (χ4n) is 3.65. The Hall–Kier alpha value is -4.01. The SMILES string of the molecule is CC(C)(OC(=O)COc1ccc([S+](c2ccccc2)c2ccccc2)cc1)c1ccc(C#N)cc1. The van der Waals surface area contributed by atoms with E-state index in [-0.39, 0.29) is 17.5 Å². The summed E-state index contributed by atoms with van der Waals surface area (Å²) in [4.78, 5) is 16.1. The van der Waals surface area contributed by atoms with Gasteiger partial charge in [0.1, 0.15) is 11.4 Å². The van der Waals surface area contributed by atoms with E-state index in [0.717, 1.165) is 5.56 Å². The third-order valence-electron chi connectivity index (χ3n) is 5.45. The van der Waals surface area contributed by atoms with Crippen molar-refractivity contribution < 1.29 is 14.3 Å². The maximum absolute atomic E-state index is 12.5. The molecular weight excluding hydrogens is 454 g/mol. The van der Waals surface area contributed by atoms with Crippen LogP contribution in [0.4, 0.5) is 0 Å². The van der Waals surface area contributed by atoms with Crippen molar-refractivity contribution in [3.05, 3.63) is 120 Å². The minimum absolute atomic E-state index is 0.192. The van der Waals surface area contributed by atoms with Gasteiger partial charge in [-0.2, -0.15) is 5.26 Å². The molecule has 0 fully saturated rings. The highest BCUT2D eigenvalue weighted by molar-refractivity contribution is 7.97. The van der Waals surface area contributed by atoms with Crippen molar-refractivity contribution in [3.63, 3.8) is 0 Å². The van der Waals surface area contributed by atoms with Gasteiger partial charge in [-0.15, -0.1) is 0 Å². The molecule has 4 nitrogen and oxygen atoms in total. The number of benzene rings is 4. The predicted molar refractivity (Wildman–Crippen MR) is 137 cm³/mol. The molecule has 4 aromatic rings. The van der Waals surface area contributed by atoms with E-state index in [1.165, 1.54) is 14.7 Å². The van der Waals surface area contributed by atoms with Crippen molar-refractivity contribution in [1.29, 1.82) is 5.26 Å². The van der Waals surface area contributed by atoms with Crippen LogP contribution in [0, 0.1) is 11.3 Å². The van der Waals surface area contributed by atoms with Gasteiger partial charge in [-0.3, -0.25) is 0 Å². The number of rotatable bonds is 8. The monoisotopic (exact) mass is 480 g/mol. The van der Waals surface area contributed by atoms with Crippen LogP contribution in [0.2, 0.25) is 0 Å². The summed E-state index contributed by atoms with van der Waals surface area (Å²) in [6, 6.07) is 37.8. The van der Waals surface area contributed by atoms with Gasteiger partial charge in [-0.1, -0.05) is 48.5 Å². The van der Waals surface area contributed by atoms with Gasteiger partial charge < -0.3 is 9.47 Å². The number of nitriles is 1. The molecule has 5 heteroatoms. The van der Waals surface area contributed by atoms with Crippen molar-refractivity contribution in [2.75, 3.05) is 6.61 Å². The van der Waals surface area contributed by atoms with Crippen LogP contribution < -0.4 is 4.74 Å². The zero-order valence-corrected chi connectivity index (χ0v) is 20.5. The number of carbonyl (C=O) groups excluding carboxylic acids is 1. The van der Waals surface area contributed by atoms with E-state index in [0.29, 0.717) is 11.3 Å². The molecule has 174 valence electrons.